The van der Waals surface area contributed by atoms with Crippen molar-refractivity contribution < 1.29 is 4.79 Å². The van der Waals surface area contributed by atoms with Crippen LogP contribution in [-0.2, 0) is 6.54 Å². The minimum absolute atomic E-state index is 0.0852. The van der Waals surface area contributed by atoms with Gasteiger partial charge in [-0.3, -0.25) is 9.59 Å². The van der Waals surface area contributed by atoms with Crippen LogP contribution in [0.25, 0.3) is 0 Å². The van der Waals surface area contributed by atoms with E-state index in [9.17, 15) is 9.59 Å². The van der Waals surface area contributed by atoms with Gasteiger partial charge in [-0.1, -0.05) is 18.5 Å². The minimum Gasteiger partial charge on any atom is -0.321 e. The fourth-order valence-electron chi connectivity index (χ4n) is 1.73. The van der Waals surface area contributed by atoms with Crippen LogP contribution in [0.3, 0.4) is 0 Å². The maximum absolute atomic E-state index is 12.0. The van der Waals surface area contributed by atoms with Gasteiger partial charge in [0.25, 0.3) is 11.5 Å². The molecule has 1 amide bonds. The number of hydrogen-bond donors (Lipinski definition) is 1. The van der Waals surface area contributed by atoms with Gasteiger partial charge in [-0.2, -0.15) is 0 Å². The lowest BCUT2D eigenvalue weighted by Gasteiger charge is -2.08. The van der Waals surface area contributed by atoms with Gasteiger partial charge in [0, 0.05) is 25.0 Å². The van der Waals surface area contributed by atoms with Crippen molar-refractivity contribution in [3.05, 3.63) is 57.7 Å². The lowest BCUT2D eigenvalue weighted by atomic mass is 10.2. The molecule has 6 heteroatoms. The number of pyridine rings is 2. The SMILES string of the molecule is CCCn1cc(NC(=O)c2ccc(Cl)nc2)ccc1=O. The maximum atomic E-state index is 12.0. The summed E-state index contributed by atoms with van der Waals surface area (Å²) in [5.41, 5.74) is 0.888. The van der Waals surface area contributed by atoms with Crippen LogP contribution in [0, 0.1) is 0 Å². The molecule has 0 aliphatic rings. The Balaban J connectivity index is 2.17. The van der Waals surface area contributed by atoms with Gasteiger partial charge in [-0.05, 0) is 24.6 Å². The molecule has 0 fully saturated rings. The Hall–Kier alpha value is -2.14. The number of amides is 1. The third kappa shape index (κ3) is 3.45. The predicted molar refractivity (Wildman–Crippen MR) is 78.2 cm³/mol. The Bertz CT molecular complexity index is 665. The van der Waals surface area contributed by atoms with Gasteiger partial charge in [-0.15, -0.1) is 0 Å². The number of hydrogen-bond acceptors (Lipinski definition) is 3. The first-order valence-electron chi connectivity index (χ1n) is 6.23. The first-order chi connectivity index (χ1) is 9.60. The quantitative estimate of drug-likeness (QED) is 0.881. The predicted octanol–water partition coefficient (Wildman–Crippen LogP) is 2.56. The lowest BCUT2D eigenvalue weighted by molar-refractivity contribution is 0.102. The van der Waals surface area contributed by atoms with E-state index in [1.807, 2.05) is 6.92 Å². The van der Waals surface area contributed by atoms with Crippen LogP contribution >= 0.6 is 11.6 Å². The number of aryl methyl sites for hydroxylation is 1. The molecule has 5 nitrogen and oxygen atoms in total. The number of nitrogens with zero attached hydrogens (tertiary/aromatic N) is 2. The minimum atomic E-state index is -0.295. The molecule has 2 rings (SSSR count). The number of nitrogens with one attached hydrogen (secondary N) is 1. The van der Waals surface area contributed by atoms with Gasteiger partial charge in [0.15, 0.2) is 0 Å². The molecule has 0 radical (unpaired) electrons. The smallest absolute Gasteiger partial charge is 0.257 e. The molecular weight excluding hydrogens is 278 g/mol. The molecule has 0 saturated heterocycles. The van der Waals surface area contributed by atoms with Crippen LogP contribution in [-0.4, -0.2) is 15.5 Å². The first kappa shape index (κ1) is 14.3. The molecule has 0 spiro atoms. The average molecular weight is 292 g/mol. The molecule has 0 bridgehead atoms. The van der Waals surface area contributed by atoms with E-state index in [0.29, 0.717) is 22.9 Å². The third-order valence-electron chi connectivity index (χ3n) is 2.70. The molecule has 2 aromatic heterocycles. The zero-order valence-corrected chi connectivity index (χ0v) is 11.7. The Labute approximate surface area is 121 Å². The molecule has 104 valence electrons. The van der Waals surface area contributed by atoms with Gasteiger partial charge in [0.2, 0.25) is 0 Å². The highest BCUT2D eigenvalue weighted by atomic mass is 35.5. The number of anilines is 1. The van der Waals surface area contributed by atoms with Gasteiger partial charge >= 0.3 is 0 Å². The number of halogens is 1. The topological polar surface area (TPSA) is 64.0 Å². The van der Waals surface area contributed by atoms with Crippen molar-refractivity contribution in [2.45, 2.75) is 19.9 Å². The normalized spacial score (nSPS) is 10.3. The largest absolute Gasteiger partial charge is 0.321 e. The summed E-state index contributed by atoms with van der Waals surface area (Å²) in [5, 5.41) is 3.05. The van der Waals surface area contributed by atoms with Gasteiger partial charge < -0.3 is 9.88 Å². The Morgan fingerprint density at radius 3 is 2.80 bits per heavy atom. The highest BCUT2D eigenvalue weighted by Gasteiger charge is 2.07. The summed E-state index contributed by atoms with van der Waals surface area (Å²) >= 11 is 5.67. The van der Waals surface area contributed by atoms with Crippen LogP contribution in [0.1, 0.15) is 23.7 Å². The van der Waals surface area contributed by atoms with E-state index in [0.717, 1.165) is 6.42 Å². The number of aromatic nitrogens is 2. The summed E-state index contributed by atoms with van der Waals surface area (Å²) in [5.74, 6) is -0.295. The van der Waals surface area contributed by atoms with Crippen molar-refractivity contribution in [2.75, 3.05) is 5.32 Å². The average Bonchev–Trinajstić information content (AvgIpc) is 2.43. The van der Waals surface area contributed by atoms with E-state index >= 15 is 0 Å². The fourth-order valence-corrected chi connectivity index (χ4v) is 1.85. The molecule has 0 atom stereocenters. The number of carbonyl (C=O) groups excluding carboxylic acids is 1. The van der Waals surface area contributed by atoms with Crippen molar-refractivity contribution in [2.24, 2.45) is 0 Å². The van der Waals surface area contributed by atoms with E-state index in [1.54, 1.807) is 29.0 Å². The van der Waals surface area contributed by atoms with E-state index in [2.05, 4.69) is 10.3 Å². The lowest BCUT2D eigenvalue weighted by Crippen LogP contribution is -2.20. The molecule has 0 aliphatic carbocycles. The van der Waals surface area contributed by atoms with Crippen molar-refractivity contribution in [3.8, 4) is 0 Å². The third-order valence-corrected chi connectivity index (χ3v) is 2.92. The Morgan fingerprint density at radius 2 is 2.15 bits per heavy atom. The van der Waals surface area contributed by atoms with Crippen LogP contribution in [0.2, 0.25) is 5.15 Å². The van der Waals surface area contributed by atoms with Crippen LogP contribution in [0.15, 0.2) is 41.5 Å². The number of rotatable bonds is 4. The molecular formula is C14H14ClN3O2. The summed E-state index contributed by atoms with van der Waals surface area (Å²) in [6.07, 6.45) is 3.88. The van der Waals surface area contributed by atoms with E-state index in [1.165, 1.54) is 12.3 Å². The zero-order chi connectivity index (χ0) is 14.5. The second-order valence-corrected chi connectivity index (χ2v) is 4.66. The van der Waals surface area contributed by atoms with Crippen molar-refractivity contribution >= 4 is 23.2 Å². The molecule has 0 aliphatic heterocycles. The van der Waals surface area contributed by atoms with Crippen LogP contribution < -0.4 is 10.9 Å². The maximum Gasteiger partial charge on any atom is 0.257 e. The monoisotopic (exact) mass is 291 g/mol. The Morgan fingerprint density at radius 1 is 1.35 bits per heavy atom. The number of carbonyl (C=O) groups is 1. The van der Waals surface area contributed by atoms with Gasteiger partial charge in [-0.25, -0.2) is 4.98 Å². The van der Waals surface area contributed by atoms with Gasteiger partial charge in [0.1, 0.15) is 5.15 Å². The summed E-state index contributed by atoms with van der Waals surface area (Å²) < 4.78 is 1.57. The summed E-state index contributed by atoms with van der Waals surface area (Å²) in [4.78, 5) is 27.4. The molecule has 0 saturated carbocycles. The Kier molecular flexibility index (Phi) is 4.53. The molecule has 0 aromatic carbocycles. The van der Waals surface area contributed by atoms with Crippen molar-refractivity contribution in [1.29, 1.82) is 0 Å². The highest BCUT2D eigenvalue weighted by Crippen LogP contribution is 2.09. The molecule has 2 aromatic rings. The van der Waals surface area contributed by atoms with E-state index in [-0.39, 0.29) is 11.5 Å². The second kappa shape index (κ2) is 6.34. The second-order valence-electron chi connectivity index (χ2n) is 4.27. The molecule has 2 heterocycles. The summed E-state index contributed by atoms with van der Waals surface area (Å²) in [6.45, 7) is 2.60. The molecule has 0 unspecified atom stereocenters. The van der Waals surface area contributed by atoms with E-state index in [4.69, 9.17) is 11.6 Å². The zero-order valence-electron chi connectivity index (χ0n) is 11.0. The van der Waals surface area contributed by atoms with Crippen LogP contribution in [0.4, 0.5) is 5.69 Å². The molecule has 1 N–H and O–H groups in total. The van der Waals surface area contributed by atoms with Crippen molar-refractivity contribution in [3.63, 3.8) is 0 Å². The molecule has 20 heavy (non-hydrogen) atoms. The fraction of sp³-hybridized carbons (Fsp3) is 0.214. The van der Waals surface area contributed by atoms with Crippen molar-refractivity contribution in [1.82, 2.24) is 9.55 Å². The highest BCUT2D eigenvalue weighted by molar-refractivity contribution is 6.29. The van der Waals surface area contributed by atoms with Crippen LogP contribution in [0.5, 0.6) is 0 Å². The standard InChI is InChI=1S/C14H14ClN3O2/c1-2-7-18-9-11(4-6-13(18)19)17-14(20)10-3-5-12(15)16-8-10/h3-6,8-9H,2,7H2,1H3,(H,17,20). The summed E-state index contributed by atoms with van der Waals surface area (Å²) in [7, 11) is 0. The van der Waals surface area contributed by atoms with E-state index < -0.39 is 0 Å². The van der Waals surface area contributed by atoms with Gasteiger partial charge in [0.05, 0.1) is 11.3 Å². The summed E-state index contributed by atoms with van der Waals surface area (Å²) in [6, 6.07) is 6.16. The first-order valence-corrected chi connectivity index (χ1v) is 6.61.